The summed E-state index contributed by atoms with van der Waals surface area (Å²) in [7, 11) is -1.86. The lowest BCUT2D eigenvalue weighted by atomic mass is 10.3. The molecule has 1 fully saturated rings. The molecule has 0 aromatic heterocycles. The van der Waals surface area contributed by atoms with E-state index in [4.69, 9.17) is 4.74 Å². The molecule has 1 amide bonds. The molecule has 0 N–H and O–H groups in total. The number of amides is 1. The number of rotatable bonds is 7. The van der Waals surface area contributed by atoms with E-state index in [1.165, 1.54) is 4.31 Å². The molecule has 3 rings (SSSR count). The standard InChI is InChI=1S/C20H24N2O4S2/c1-26-17-7-9-18(10-8-17)27-16-11-20(23)21-12-14-22(15-13-21)28(24,25)19-5-3-2-4-6-19/h2-10H,11-16H2,1H3. The van der Waals surface area contributed by atoms with Gasteiger partial charge in [-0.15, -0.1) is 11.8 Å². The van der Waals surface area contributed by atoms with Crippen LogP contribution in [-0.2, 0) is 14.8 Å². The van der Waals surface area contributed by atoms with E-state index in [0.29, 0.717) is 43.2 Å². The van der Waals surface area contributed by atoms with E-state index in [2.05, 4.69) is 0 Å². The number of benzene rings is 2. The van der Waals surface area contributed by atoms with Crippen LogP contribution in [0.5, 0.6) is 5.75 Å². The Bertz CT molecular complexity index is 878. The monoisotopic (exact) mass is 420 g/mol. The SMILES string of the molecule is COc1ccc(SCCC(=O)N2CCN(S(=O)(=O)c3ccccc3)CC2)cc1. The summed E-state index contributed by atoms with van der Waals surface area (Å²) in [5.41, 5.74) is 0. The molecule has 1 aliphatic rings. The van der Waals surface area contributed by atoms with E-state index in [0.717, 1.165) is 10.6 Å². The Morgan fingerprint density at radius 1 is 1.00 bits per heavy atom. The quantitative estimate of drug-likeness (QED) is 0.645. The second kappa shape index (κ2) is 9.45. The highest BCUT2D eigenvalue weighted by Crippen LogP contribution is 2.22. The molecule has 0 saturated carbocycles. The Kier molecular flexibility index (Phi) is 6.98. The van der Waals surface area contributed by atoms with Crippen molar-refractivity contribution >= 4 is 27.7 Å². The van der Waals surface area contributed by atoms with Gasteiger partial charge in [-0.1, -0.05) is 18.2 Å². The smallest absolute Gasteiger partial charge is 0.243 e. The molecule has 0 bridgehead atoms. The Morgan fingerprint density at radius 3 is 2.25 bits per heavy atom. The number of carbonyl (C=O) groups excluding carboxylic acids is 1. The van der Waals surface area contributed by atoms with Gasteiger partial charge < -0.3 is 9.64 Å². The molecule has 6 nitrogen and oxygen atoms in total. The van der Waals surface area contributed by atoms with Crippen molar-refractivity contribution < 1.29 is 17.9 Å². The average molecular weight is 421 g/mol. The minimum absolute atomic E-state index is 0.0674. The molecule has 28 heavy (non-hydrogen) atoms. The maximum absolute atomic E-state index is 12.6. The molecule has 2 aromatic carbocycles. The normalized spacial score (nSPS) is 15.4. The van der Waals surface area contributed by atoms with Gasteiger partial charge in [0.05, 0.1) is 12.0 Å². The van der Waals surface area contributed by atoms with Crippen molar-refractivity contribution in [2.24, 2.45) is 0 Å². The molecule has 8 heteroatoms. The number of hydrogen-bond acceptors (Lipinski definition) is 5. The molecule has 0 aliphatic carbocycles. The zero-order valence-corrected chi connectivity index (χ0v) is 17.4. The van der Waals surface area contributed by atoms with E-state index in [-0.39, 0.29) is 5.91 Å². The molecule has 0 unspecified atom stereocenters. The highest BCUT2D eigenvalue weighted by molar-refractivity contribution is 7.99. The molecule has 0 radical (unpaired) electrons. The summed E-state index contributed by atoms with van der Waals surface area (Å²) in [6, 6.07) is 16.2. The number of methoxy groups -OCH3 is 1. The van der Waals surface area contributed by atoms with Gasteiger partial charge in [0, 0.05) is 43.2 Å². The van der Waals surface area contributed by atoms with E-state index >= 15 is 0 Å². The van der Waals surface area contributed by atoms with Crippen LogP contribution in [-0.4, -0.2) is 62.6 Å². The van der Waals surface area contributed by atoms with Gasteiger partial charge in [-0.3, -0.25) is 4.79 Å². The second-order valence-electron chi connectivity index (χ2n) is 6.37. The number of sulfonamides is 1. The lowest BCUT2D eigenvalue weighted by molar-refractivity contribution is -0.131. The largest absolute Gasteiger partial charge is 0.497 e. The fourth-order valence-electron chi connectivity index (χ4n) is 3.01. The lowest BCUT2D eigenvalue weighted by Gasteiger charge is -2.34. The van der Waals surface area contributed by atoms with Crippen molar-refractivity contribution in [1.82, 2.24) is 9.21 Å². The number of hydrogen-bond donors (Lipinski definition) is 0. The van der Waals surface area contributed by atoms with Crippen molar-refractivity contribution in [2.45, 2.75) is 16.2 Å². The van der Waals surface area contributed by atoms with Crippen molar-refractivity contribution in [3.63, 3.8) is 0 Å². The fourth-order valence-corrected chi connectivity index (χ4v) is 5.29. The molecule has 2 aromatic rings. The molecule has 1 aliphatic heterocycles. The third-order valence-corrected chi connectivity index (χ3v) is 7.54. The Morgan fingerprint density at radius 2 is 1.64 bits per heavy atom. The molecule has 1 heterocycles. The van der Waals surface area contributed by atoms with Crippen molar-refractivity contribution in [1.29, 1.82) is 0 Å². The molecule has 0 spiro atoms. The summed E-state index contributed by atoms with van der Waals surface area (Å²) >= 11 is 1.62. The summed E-state index contributed by atoms with van der Waals surface area (Å²) in [6.07, 6.45) is 0.433. The van der Waals surface area contributed by atoms with Gasteiger partial charge in [-0.2, -0.15) is 4.31 Å². The summed E-state index contributed by atoms with van der Waals surface area (Å²) in [4.78, 5) is 15.6. The molecule has 0 atom stereocenters. The first-order valence-corrected chi connectivity index (χ1v) is 11.5. The van der Waals surface area contributed by atoms with Crippen LogP contribution in [0.1, 0.15) is 6.42 Å². The van der Waals surface area contributed by atoms with Crippen molar-refractivity contribution in [2.75, 3.05) is 39.0 Å². The Balaban J connectivity index is 1.46. The van der Waals surface area contributed by atoms with Gasteiger partial charge >= 0.3 is 0 Å². The van der Waals surface area contributed by atoms with E-state index in [9.17, 15) is 13.2 Å². The number of piperazine rings is 1. The van der Waals surface area contributed by atoms with Crippen LogP contribution in [0.25, 0.3) is 0 Å². The topological polar surface area (TPSA) is 66.9 Å². The predicted octanol–water partition coefficient (Wildman–Crippen LogP) is 2.71. The van der Waals surface area contributed by atoms with Crippen molar-refractivity contribution in [3.8, 4) is 5.75 Å². The number of carbonyl (C=O) groups is 1. The van der Waals surface area contributed by atoms with Crippen LogP contribution >= 0.6 is 11.8 Å². The number of nitrogens with zero attached hydrogens (tertiary/aromatic N) is 2. The predicted molar refractivity (Wildman–Crippen MR) is 110 cm³/mol. The third-order valence-electron chi connectivity index (χ3n) is 4.62. The van der Waals surface area contributed by atoms with Gasteiger partial charge in [0.15, 0.2) is 0 Å². The highest BCUT2D eigenvalue weighted by atomic mass is 32.2. The van der Waals surface area contributed by atoms with Crippen LogP contribution in [0.15, 0.2) is 64.4 Å². The van der Waals surface area contributed by atoms with Gasteiger partial charge in [0.2, 0.25) is 15.9 Å². The first-order valence-electron chi connectivity index (χ1n) is 9.10. The summed E-state index contributed by atoms with van der Waals surface area (Å²) in [5.74, 6) is 1.56. The summed E-state index contributed by atoms with van der Waals surface area (Å²) in [6.45, 7) is 1.51. The number of ether oxygens (including phenoxy) is 1. The highest BCUT2D eigenvalue weighted by Gasteiger charge is 2.29. The maximum Gasteiger partial charge on any atom is 0.243 e. The van der Waals surface area contributed by atoms with Crippen LogP contribution in [0.3, 0.4) is 0 Å². The number of thioether (sulfide) groups is 1. The summed E-state index contributed by atoms with van der Waals surface area (Å²) in [5, 5.41) is 0. The van der Waals surface area contributed by atoms with E-state index in [1.54, 1.807) is 54.1 Å². The molecular formula is C20H24N2O4S2. The van der Waals surface area contributed by atoms with Crippen LogP contribution < -0.4 is 4.74 Å². The first kappa shape index (κ1) is 20.7. The maximum atomic E-state index is 12.6. The van der Waals surface area contributed by atoms with E-state index < -0.39 is 10.0 Å². The Hall–Kier alpha value is -2.03. The minimum Gasteiger partial charge on any atom is -0.497 e. The van der Waals surface area contributed by atoms with Crippen molar-refractivity contribution in [3.05, 3.63) is 54.6 Å². The van der Waals surface area contributed by atoms with Crippen LogP contribution in [0.2, 0.25) is 0 Å². The zero-order valence-electron chi connectivity index (χ0n) is 15.8. The van der Waals surface area contributed by atoms with Gasteiger partial charge in [0.1, 0.15) is 5.75 Å². The third kappa shape index (κ3) is 5.06. The minimum atomic E-state index is -3.49. The first-order chi connectivity index (χ1) is 13.5. The lowest BCUT2D eigenvalue weighted by Crippen LogP contribution is -2.50. The average Bonchev–Trinajstić information content (AvgIpc) is 2.75. The molecule has 150 valence electrons. The summed E-state index contributed by atoms with van der Waals surface area (Å²) < 4.78 is 31.9. The van der Waals surface area contributed by atoms with Crippen LogP contribution in [0.4, 0.5) is 0 Å². The zero-order chi connectivity index (χ0) is 20.0. The molecular weight excluding hydrogens is 396 g/mol. The van der Waals surface area contributed by atoms with Gasteiger partial charge in [-0.05, 0) is 36.4 Å². The van der Waals surface area contributed by atoms with Gasteiger partial charge in [0.25, 0.3) is 0 Å². The van der Waals surface area contributed by atoms with E-state index in [1.807, 2.05) is 24.3 Å². The molecule has 1 saturated heterocycles. The second-order valence-corrected chi connectivity index (χ2v) is 9.48. The van der Waals surface area contributed by atoms with Crippen LogP contribution in [0, 0.1) is 0 Å². The fraction of sp³-hybridized carbons (Fsp3) is 0.350. The Labute approximate surface area is 170 Å². The van der Waals surface area contributed by atoms with Gasteiger partial charge in [-0.25, -0.2) is 8.42 Å².